The third kappa shape index (κ3) is 2.72. The van der Waals surface area contributed by atoms with Crippen LogP contribution in [0.2, 0.25) is 0 Å². The molecule has 1 atom stereocenters. The molecular weight excluding hydrogens is 293 g/mol. The number of aromatic nitrogens is 3. The summed E-state index contributed by atoms with van der Waals surface area (Å²) in [7, 11) is 0. The SMILES string of the molecule is Fc1ccccc1Cn1c(C2CCCOC2)nc2cccnc21. The van der Waals surface area contributed by atoms with Gasteiger partial charge in [-0.25, -0.2) is 14.4 Å². The molecular formula is C18H18FN3O. The van der Waals surface area contributed by atoms with E-state index in [-0.39, 0.29) is 11.7 Å². The number of fused-ring (bicyclic) bond motifs is 1. The summed E-state index contributed by atoms with van der Waals surface area (Å²) in [6, 6.07) is 10.7. The molecule has 0 spiro atoms. The fourth-order valence-electron chi connectivity index (χ4n) is 3.18. The first-order valence-corrected chi connectivity index (χ1v) is 7.95. The van der Waals surface area contributed by atoms with Gasteiger partial charge in [0.2, 0.25) is 0 Å². The lowest BCUT2D eigenvalue weighted by atomic mass is 10.0. The predicted molar refractivity (Wildman–Crippen MR) is 85.8 cm³/mol. The Bertz CT molecular complexity index is 824. The van der Waals surface area contributed by atoms with Crippen LogP contribution >= 0.6 is 0 Å². The normalized spacial score (nSPS) is 18.4. The van der Waals surface area contributed by atoms with E-state index in [2.05, 4.69) is 4.98 Å². The van der Waals surface area contributed by atoms with E-state index in [1.165, 1.54) is 6.07 Å². The minimum atomic E-state index is -0.198. The topological polar surface area (TPSA) is 39.9 Å². The van der Waals surface area contributed by atoms with Crippen LogP contribution in [0.25, 0.3) is 11.2 Å². The molecule has 4 nitrogen and oxygen atoms in total. The molecule has 23 heavy (non-hydrogen) atoms. The Morgan fingerprint density at radius 2 is 2.13 bits per heavy atom. The summed E-state index contributed by atoms with van der Waals surface area (Å²) in [6.45, 7) is 1.91. The van der Waals surface area contributed by atoms with Gasteiger partial charge in [-0.05, 0) is 31.0 Å². The highest BCUT2D eigenvalue weighted by atomic mass is 19.1. The Balaban J connectivity index is 1.81. The van der Waals surface area contributed by atoms with Crippen molar-refractivity contribution in [2.45, 2.75) is 25.3 Å². The van der Waals surface area contributed by atoms with Crippen molar-refractivity contribution in [1.29, 1.82) is 0 Å². The zero-order valence-electron chi connectivity index (χ0n) is 12.8. The third-order valence-corrected chi connectivity index (χ3v) is 4.35. The molecule has 1 saturated heterocycles. The molecule has 2 aromatic heterocycles. The monoisotopic (exact) mass is 311 g/mol. The molecule has 3 heterocycles. The lowest BCUT2D eigenvalue weighted by molar-refractivity contribution is 0.0772. The molecule has 0 aliphatic carbocycles. The van der Waals surface area contributed by atoms with E-state index >= 15 is 0 Å². The molecule has 5 heteroatoms. The highest BCUT2D eigenvalue weighted by Crippen LogP contribution is 2.28. The van der Waals surface area contributed by atoms with E-state index in [1.807, 2.05) is 28.8 Å². The fraction of sp³-hybridized carbons (Fsp3) is 0.333. The van der Waals surface area contributed by atoms with Gasteiger partial charge in [0, 0.05) is 24.3 Å². The average Bonchev–Trinajstić information content (AvgIpc) is 2.96. The maximum Gasteiger partial charge on any atom is 0.160 e. The molecule has 0 amide bonds. The summed E-state index contributed by atoms with van der Waals surface area (Å²) in [5.41, 5.74) is 2.30. The van der Waals surface area contributed by atoms with E-state index in [0.717, 1.165) is 36.4 Å². The highest BCUT2D eigenvalue weighted by molar-refractivity contribution is 5.71. The quantitative estimate of drug-likeness (QED) is 0.743. The first kappa shape index (κ1) is 14.3. The van der Waals surface area contributed by atoms with Gasteiger partial charge in [0.15, 0.2) is 5.65 Å². The molecule has 1 unspecified atom stereocenters. The molecule has 0 saturated carbocycles. The summed E-state index contributed by atoms with van der Waals surface area (Å²) in [5.74, 6) is 0.988. The molecule has 1 aliphatic rings. The fourth-order valence-corrected chi connectivity index (χ4v) is 3.18. The van der Waals surface area contributed by atoms with Gasteiger partial charge in [-0.3, -0.25) is 0 Å². The summed E-state index contributed by atoms with van der Waals surface area (Å²) in [6.07, 6.45) is 3.82. The first-order valence-electron chi connectivity index (χ1n) is 7.95. The van der Waals surface area contributed by atoms with Crippen LogP contribution in [0.15, 0.2) is 42.6 Å². The van der Waals surface area contributed by atoms with Crippen LogP contribution in [0.4, 0.5) is 4.39 Å². The number of hydrogen-bond acceptors (Lipinski definition) is 3. The van der Waals surface area contributed by atoms with E-state index in [1.54, 1.807) is 12.3 Å². The van der Waals surface area contributed by atoms with Crippen molar-refractivity contribution in [1.82, 2.24) is 14.5 Å². The number of benzene rings is 1. The van der Waals surface area contributed by atoms with Crippen LogP contribution in [0.1, 0.15) is 30.1 Å². The molecule has 4 rings (SSSR count). The van der Waals surface area contributed by atoms with E-state index in [9.17, 15) is 4.39 Å². The van der Waals surface area contributed by atoms with Gasteiger partial charge in [0.05, 0.1) is 13.2 Å². The molecule has 0 N–H and O–H groups in total. The molecule has 3 aromatic rings. The van der Waals surface area contributed by atoms with E-state index < -0.39 is 0 Å². The molecule has 1 aliphatic heterocycles. The Labute approximate surface area is 133 Å². The predicted octanol–water partition coefficient (Wildman–Crippen LogP) is 3.51. The average molecular weight is 311 g/mol. The number of hydrogen-bond donors (Lipinski definition) is 0. The summed E-state index contributed by atoms with van der Waals surface area (Å²) < 4.78 is 21.7. The number of ether oxygens (including phenoxy) is 1. The van der Waals surface area contributed by atoms with Gasteiger partial charge in [-0.15, -0.1) is 0 Å². The van der Waals surface area contributed by atoms with Gasteiger partial charge in [0.1, 0.15) is 17.2 Å². The number of nitrogens with zero attached hydrogens (tertiary/aromatic N) is 3. The molecule has 0 bridgehead atoms. The van der Waals surface area contributed by atoms with Crippen molar-refractivity contribution in [3.8, 4) is 0 Å². The van der Waals surface area contributed by atoms with Crippen LogP contribution in [-0.4, -0.2) is 27.7 Å². The Morgan fingerprint density at radius 3 is 2.96 bits per heavy atom. The maximum absolute atomic E-state index is 14.1. The molecule has 1 aromatic carbocycles. The van der Waals surface area contributed by atoms with Crippen molar-refractivity contribution >= 4 is 11.2 Å². The zero-order valence-corrected chi connectivity index (χ0v) is 12.8. The zero-order chi connectivity index (χ0) is 15.6. The van der Waals surface area contributed by atoms with Gasteiger partial charge >= 0.3 is 0 Å². The summed E-state index contributed by atoms with van der Waals surface area (Å²) in [4.78, 5) is 9.22. The van der Waals surface area contributed by atoms with Gasteiger partial charge in [-0.2, -0.15) is 0 Å². The van der Waals surface area contributed by atoms with E-state index in [4.69, 9.17) is 9.72 Å². The Kier molecular flexibility index (Phi) is 3.79. The van der Waals surface area contributed by atoms with Crippen molar-refractivity contribution in [2.24, 2.45) is 0 Å². The minimum Gasteiger partial charge on any atom is -0.381 e. The second-order valence-corrected chi connectivity index (χ2v) is 5.91. The molecule has 118 valence electrons. The lowest BCUT2D eigenvalue weighted by Gasteiger charge is -2.22. The van der Waals surface area contributed by atoms with Crippen LogP contribution in [-0.2, 0) is 11.3 Å². The minimum absolute atomic E-state index is 0.198. The molecule has 1 fully saturated rings. The van der Waals surface area contributed by atoms with Crippen LogP contribution in [0.5, 0.6) is 0 Å². The van der Waals surface area contributed by atoms with Gasteiger partial charge < -0.3 is 9.30 Å². The van der Waals surface area contributed by atoms with Crippen LogP contribution in [0, 0.1) is 5.82 Å². The molecule has 0 radical (unpaired) electrons. The lowest BCUT2D eigenvalue weighted by Crippen LogP contribution is -2.20. The van der Waals surface area contributed by atoms with Gasteiger partial charge in [0.25, 0.3) is 0 Å². The first-order chi connectivity index (χ1) is 11.3. The number of imidazole rings is 1. The summed E-state index contributed by atoms with van der Waals surface area (Å²) in [5, 5.41) is 0. The van der Waals surface area contributed by atoms with Crippen molar-refractivity contribution in [3.63, 3.8) is 0 Å². The highest BCUT2D eigenvalue weighted by Gasteiger charge is 2.23. The van der Waals surface area contributed by atoms with Crippen molar-refractivity contribution in [3.05, 3.63) is 59.8 Å². The largest absolute Gasteiger partial charge is 0.381 e. The summed E-state index contributed by atoms with van der Waals surface area (Å²) >= 11 is 0. The maximum atomic E-state index is 14.1. The number of pyridine rings is 1. The van der Waals surface area contributed by atoms with Gasteiger partial charge in [-0.1, -0.05) is 18.2 Å². The van der Waals surface area contributed by atoms with Crippen LogP contribution < -0.4 is 0 Å². The smallest absolute Gasteiger partial charge is 0.160 e. The number of halogens is 1. The third-order valence-electron chi connectivity index (χ3n) is 4.35. The van der Waals surface area contributed by atoms with E-state index in [0.29, 0.717) is 18.7 Å². The standard InChI is InChI=1S/C18H18FN3O/c19-15-7-2-1-5-13(15)11-22-17(14-6-4-10-23-12-14)21-16-8-3-9-20-18(16)22/h1-3,5,7-9,14H,4,6,10-12H2. The Morgan fingerprint density at radius 1 is 1.22 bits per heavy atom. The van der Waals surface area contributed by atoms with Crippen molar-refractivity contribution < 1.29 is 9.13 Å². The van der Waals surface area contributed by atoms with Crippen LogP contribution in [0.3, 0.4) is 0 Å². The number of rotatable bonds is 3. The second-order valence-electron chi connectivity index (χ2n) is 5.91. The van der Waals surface area contributed by atoms with Crippen molar-refractivity contribution in [2.75, 3.05) is 13.2 Å². The Hall–Kier alpha value is -2.27. The second kappa shape index (κ2) is 6.08.